The number of nitrogens with one attached hydrogen (secondary N) is 1. The summed E-state index contributed by atoms with van der Waals surface area (Å²) in [5, 5.41) is 0. The lowest BCUT2D eigenvalue weighted by Gasteiger charge is -2.15. The Kier molecular flexibility index (Phi) is 3.79. The number of benzene rings is 1. The van der Waals surface area contributed by atoms with E-state index >= 15 is 0 Å². The van der Waals surface area contributed by atoms with Gasteiger partial charge in [-0.1, -0.05) is 6.07 Å². The van der Waals surface area contributed by atoms with Crippen molar-refractivity contribution in [1.82, 2.24) is 14.5 Å². The third-order valence-corrected chi connectivity index (χ3v) is 4.46. The first-order chi connectivity index (χ1) is 12.1. The van der Waals surface area contributed by atoms with Crippen molar-refractivity contribution in [1.29, 1.82) is 0 Å². The van der Waals surface area contributed by atoms with Gasteiger partial charge in [0.1, 0.15) is 5.56 Å². The molecule has 4 rings (SSSR count). The second-order valence-corrected chi connectivity index (χ2v) is 6.09. The molecule has 8 heteroatoms. The van der Waals surface area contributed by atoms with E-state index in [0.29, 0.717) is 30.2 Å². The molecule has 0 unspecified atom stereocenters. The van der Waals surface area contributed by atoms with E-state index in [0.717, 1.165) is 17.4 Å². The maximum atomic E-state index is 12.7. The minimum absolute atomic E-state index is 0.0118. The van der Waals surface area contributed by atoms with E-state index in [2.05, 4.69) is 4.98 Å². The largest absolute Gasteiger partial charge is 0.454 e. The Labute approximate surface area is 142 Å². The lowest BCUT2D eigenvalue weighted by Crippen LogP contribution is -2.41. The number of carbonyl (C=O) groups is 1. The standard InChI is InChI=1S/C17H17N3O5/c21-15(19-5-1-2-6-19)12-8-18-17(23)20(16(12)22)9-11-3-4-13-14(7-11)25-10-24-13/h3-4,7-8H,1-2,5-6,9-10H2,(H,18,23). The summed E-state index contributed by atoms with van der Waals surface area (Å²) < 4.78 is 11.6. The number of hydrogen-bond donors (Lipinski definition) is 1. The number of ether oxygens (including phenoxy) is 2. The fraction of sp³-hybridized carbons (Fsp3) is 0.353. The van der Waals surface area contributed by atoms with Crippen molar-refractivity contribution >= 4 is 5.91 Å². The van der Waals surface area contributed by atoms with Crippen LogP contribution in [0, 0.1) is 0 Å². The van der Waals surface area contributed by atoms with Crippen LogP contribution in [0.15, 0.2) is 34.0 Å². The van der Waals surface area contributed by atoms with Gasteiger partial charge in [0.15, 0.2) is 11.5 Å². The SMILES string of the molecule is O=C(c1c[nH]c(=O)n(Cc2ccc3c(c2)OCO3)c1=O)N1CCCC1. The molecule has 1 amide bonds. The van der Waals surface area contributed by atoms with Crippen LogP contribution in [0.1, 0.15) is 28.8 Å². The van der Waals surface area contributed by atoms with E-state index in [1.807, 2.05) is 0 Å². The minimum Gasteiger partial charge on any atom is -0.454 e. The number of H-pyrrole nitrogens is 1. The summed E-state index contributed by atoms with van der Waals surface area (Å²) in [7, 11) is 0. The molecule has 0 bridgehead atoms. The molecule has 1 saturated heterocycles. The van der Waals surface area contributed by atoms with Gasteiger partial charge in [-0.3, -0.25) is 14.2 Å². The van der Waals surface area contributed by atoms with Gasteiger partial charge in [0.2, 0.25) is 6.79 Å². The molecule has 2 aliphatic rings. The molecular weight excluding hydrogens is 326 g/mol. The Balaban J connectivity index is 1.67. The first kappa shape index (κ1) is 15.5. The van der Waals surface area contributed by atoms with Gasteiger partial charge in [-0.15, -0.1) is 0 Å². The zero-order valence-corrected chi connectivity index (χ0v) is 13.5. The average Bonchev–Trinajstić information content (AvgIpc) is 3.29. The quantitative estimate of drug-likeness (QED) is 0.878. The number of aromatic amines is 1. The zero-order valence-electron chi connectivity index (χ0n) is 13.5. The fourth-order valence-electron chi connectivity index (χ4n) is 3.12. The first-order valence-electron chi connectivity index (χ1n) is 8.14. The van der Waals surface area contributed by atoms with Gasteiger partial charge in [-0.05, 0) is 30.5 Å². The molecule has 0 spiro atoms. The van der Waals surface area contributed by atoms with E-state index in [1.165, 1.54) is 6.20 Å². The van der Waals surface area contributed by atoms with Crippen LogP contribution in [0.25, 0.3) is 0 Å². The van der Waals surface area contributed by atoms with E-state index in [-0.39, 0.29) is 24.8 Å². The normalized spacial score (nSPS) is 15.6. The predicted molar refractivity (Wildman–Crippen MR) is 88.1 cm³/mol. The number of carbonyl (C=O) groups excluding carboxylic acids is 1. The number of likely N-dealkylation sites (tertiary alicyclic amines) is 1. The molecule has 2 aliphatic heterocycles. The number of hydrogen-bond acceptors (Lipinski definition) is 5. The fourth-order valence-corrected chi connectivity index (χ4v) is 3.12. The third kappa shape index (κ3) is 2.79. The topological polar surface area (TPSA) is 93.6 Å². The van der Waals surface area contributed by atoms with Gasteiger partial charge in [0, 0.05) is 19.3 Å². The predicted octanol–water partition coefficient (Wildman–Crippen LogP) is 0.550. The van der Waals surface area contributed by atoms with E-state index in [1.54, 1.807) is 23.1 Å². The minimum atomic E-state index is -0.585. The highest BCUT2D eigenvalue weighted by molar-refractivity contribution is 5.93. The molecule has 1 aromatic carbocycles. The second kappa shape index (κ2) is 6.12. The molecule has 0 atom stereocenters. The molecule has 3 heterocycles. The van der Waals surface area contributed by atoms with Crippen LogP contribution in [0.3, 0.4) is 0 Å². The highest BCUT2D eigenvalue weighted by Crippen LogP contribution is 2.32. The molecule has 2 aromatic rings. The number of nitrogens with zero attached hydrogens (tertiary/aromatic N) is 2. The van der Waals surface area contributed by atoms with E-state index in [9.17, 15) is 14.4 Å². The van der Waals surface area contributed by atoms with Crippen LogP contribution in [-0.2, 0) is 6.54 Å². The van der Waals surface area contributed by atoms with Gasteiger partial charge < -0.3 is 19.4 Å². The highest BCUT2D eigenvalue weighted by atomic mass is 16.7. The Morgan fingerprint density at radius 2 is 1.88 bits per heavy atom. The summed E-state index contributed by atoms with van der Waals surface area (Å²) in [5.74, 6) is 0.868. The summed E-state index contributed by atoms with van der Waals surface area (Å²) >= 11 is 0. The number of aromatic nitrogens is 2. The molecule has 0 radical (unpaired) electrons. The molecule has 1 N–H and O–H groups in total. The van der Waals surface area contributed by atoms with Gasteiger partial charge in [-0.25, -0.2) is 4.79 Å². The van der Waals surface area contributed by atoms with Gasteiger partial charge >= 0.3 is 5.69 Å². The van der Waals surface area contributed by atoms with Crippen LogP contribution >= 0.6 is 0 Å². The van der Waals surface area contributed by atoms with Crippen molar-refractivity contribution in [2.24, 2.45) is 0 Å². The third-order valence-electron chi connectivity index (χ3n) is 4.46. The lowest BCUT2D eigenvalue weighted by atomic mass is 10.2. The molecule has 0 aliphatic carbocycles. The van der Waals surface area contributed by atoms with E-state index in [4.69, 9.17) is 9.47 Å². The molecule has 1 aromatic heterocycles. The maximum Gasteiger partial charge on any atom is 0.328 e. The number of rotatable bonds is 3. The Bertz CT molecular complexity index is 940. The molecule has 1 fully saturated rings. The van der Waals surface area contributed by atoms with Crippen LogP contribution in [-0.4, -0.2) is 40.2 Å². The van der Waals surface area contributed by atoms with Crippen molar-refractivity contribution < 1.29 is 14.3 Å². The average molecular weight is 343 g/mol. The molecule has 130 valence electrons. The van der Waals surface area contributed by atoms with Crippen LogP contribution in [0.2, 0.25) is 0 Å². The molecule has 25 heavy (non-hydrogen) atoms. The van der Waals surface area contributed by atoms with Crippen LogP contribution in [0.4, 0.5) is 0 Å². The highest BCUT2D eigenvalue weighted by Gasteiger charge is 2.23. The van der Waals surface area contributed by atoms with Crippen LogP contribution < -0.4 is 20.7 Å². The maximum absolute atomic E-state index is 12.7. The van der Waals surface area contributed by atoms with Crippen molar-refractivity contribution in [2.75, 3.05) is 19.9 Å². The van der Waals surface area contributed by atoms with Gasteiger partial charge in [0.25, 0.3) is 11.5 Å². The van der Waals surface area contributed by atoms with Crippen LogP contribution in [0.5, 0.6) is 11.5 Å². The van der Waals surface area contributed by atoms with Gasteiger partial charge in [0.05, 0.1) is 6.54 Å². The van der Waals surface area contributed by atoms with Gasteiger partial charge in [-0.2, -0.15) is 0 Å². The van der Waals surface area contributed by atoms with Crippen molar-refractivity contribution in [3.8, 4) is 11.5 Å². The van der Waals surface area contributed by atoms with Crippen molar-refractivity contribution in [3.63, 3.8) is 0 Å². The monoisotopic (exact) mass is 343 g/mol. The summed E-state index contributed by atoms with van der Waals surface area (Å²) in [6.45, 7) is 1.48. The molecule has 0 saturated carbocycles. The second-order valence-electron chi connectivity index (χ2n) is 6.09. The zero-order chi connectivity index (χ0) is 17.4. The summed E-state index contributed by atoms with van der Waals surface area (Å²) in [6, 6.07) is 5.22. The van der Waals surface area contributed by atoms with Crippen molar-refractivity contribution in [3.05, 3.63) is 56.4 Å². The smallest absolute Gasteiger partial charge is 0.328 e. The summed E-state index contributed by atoms with van der Waals surface area (Å²) in [4.78, 5) is 41.4. The van der Waals surface area contributed by atoms with E-state index < -0.39 is 11.2 Å². The number of fused-ring (bicyclic) bond motifs is 1. The number of amides is 1. The summed E-state index contributed by atoms with van der Waals surface area (Å²) in [5.41, 5.74) is -0.441. The molecule has 8 nitrogen and oxygen atoms in total. The van der Waals surface area contributed by atoms with Crippen molar-refractivity contribution in [2.45, 2.75) is 19.4 Å². The Morgan fingerprint density at radius 3 is 2.68 bits per heavy atom. The molecular formula is C17H17N3O5. The lowest BCUT2D eigenvalue weighted by molar-refractivity contribution is 0.0789. The Hall–Kier alpha value is -3.03. The summed E-state index contributed by atoms with van der Waals surface area (Å²) in [6.07, 6.45) is 3.07. The first-order valence-corrected chi connectivity index (χ1v) is 8.14. The Morgan fingerprint density at radius 1 is 1.12 bits per heavy atom.